The second kappa shape index (κ2) is 9.39. The molecule has 5 nitrogen and oxygen atoms in total. The number of nitrogens with zero attached hydrogens (tertiary/aromatic N) is 1. The molecule has 0 aliphatic heterocycles. The highest BCUT2D eigenvalue weighted by Crippen LogP contribution is 2.23. The van der Waals surface area contributed by atoms with Crippen LogP contribution in [0.2, 0.25) is 10.0 Å². The third-order valence-corrected chi connectivity index (χ3v) is 6.34. The summed E-state index contributed by atoms with van der Waals surface area (Å²) in [7, 11) is -3.60. The van der Waals surface area contributed by atoms with Gasteiger partial charge in [-0.05, 0) is 42.3 Å². The molecule has 2 aromatic carbocycles. The first-order valence-corrected chi connectivity index (χ1v) is 11.4. The lowest BCUT2D eigenvalue weighted by Crippen LogP contribution is -2.40. The molecule has 0 aliphatic carbocycles. The predicted octanol–water partition coefficient (Wildman–Crippen LogP) is 4.39. The number of nitrogens with one attached hydrogen (secondary N) is 1. The molecule has 0 unspecified atom stereocenters. The second-order valence-corrected chi connectivity index (χ2v) is 9.83. The Morgan fingerprint density at radius 3 is 2.33 bits per heavy atom. The molecule has 1 N–H and O–H groups in total. The van der Waals surface area contributed by atoms with Crippen molar-refractivity contribution >= 4 is 55.1 Å². The number of benzene rings is 2. The number of hydrogen-bond donors (Lipinski definition) is 1. The van der Waals surface area contributed by atoms with Gasteiger partial charge in [0.2, 0.25) is 15.9 Å². The third kappa shape index (κ3) is 6.76. The molecule has 0 bridgehead atoms. The molecule has 0 spiro atoms. The molecule has 146 valence electrons. The Kier molecular flexibility index (Phi) is 7.71. The molecule has 0 fully saturated rings. The van der Waals surface area contributed by atoms with Crippen LogP contribution in [0.3, 0.4) is 0 Å². The maximum atomic E-state index is 12.4. The van der Waals surface area contributed by atoms with Crippen LogP contribution in [0.1, 0.15) is 24.1 Å². The van der Waals surface area contributed by atoms with Crippen molar-refractivity contribution in [1.82, 2.24) is 9.62 Å². The average Bonchev–Trinajstić information content (AvgIpc) is 2.57. The molecule has 2 rings (SSSR count). The summed E-state index contributed by atoms with van der Waals surface area (Å²) in [5.74, 6) is -0.393. The van der Waals surface area contributed by atoms with Crippen LogP contribution in [0, 0.1) is 0 Å². The van der Waals surface area contributed by atoms with E-state index >= 15 is 0 Å². The Morgan fingerprint density at radius 2 is 1.78 bits per heavy atom. The SMILES string of the molecule is C[C@@H](NC(=O)CN(Cc1ccc(Cl)c(Cl)c1)S(C)(=O)=O)c1ccc(Br)cc1. The zero-order valence-electron chi connectivity index (χ0n) is 14.7. The van der Waals surface area contributed by atoms with E-state index in [9.17, 15) is 13.2 Å². The van der Waals surface area contributed by atoms with Crippen LogP contribution in [-0.2, 0) is 21.4 Å². The second-order valence-electron chi connectivity index (χ2n) is 6.12. The highest BCUT2D eigenvalue weighted by Gasteiger charge is 2.22. The van der Waals surface area contributed by atoms with E-state index in [4.69, 9.17) is 23.2 Å². The molecule has 0 radical (unpaired) electrons. The summed E-state index contributed by atoms with van der Waals surface area (Å²) < 4.78 is 26.2. The van der Waals surface area contributed by atoms with Gasteiger partial charge >= 0.3 is 0 Å². The van der Waals surface area contributed by atoms with Gasteiger partial charge in [0.05, 0.1) is 28.9 Å². The Balaban J connectivity index is 2.07. The highest BCUT2D eigenvalue weighted by atomic mass is 79.9. The molecule has 9 heteroatoms. The first-order chi connectivity index (χ1) is 12.6. The summed E-state index contributed by atoms with van der Waals surface area (Å²) in [5.41, 5.74) is 1.56. The first kappa shape index (κ1) is 22.2. The number of carbonyl (C=O) groups excluding carboxylic acids is 1. The Hall–Kier alpha value is -1.12. The highest BCUT2D eigenvalue weighted by molar-refractivity contribution is 9.10. The predicted molar refractivity (Wildman–Crippen MR) is 112 cm³/mol. The minimum Gasteiger partial charge on any atom is -0.348 e. The van der Waals surface area contributed by atoms with Crippen molar-refractivity contribution < 1.29 is 13.2 Å². The number of rotatable bonds is 7. The van der Waals surface area contributed by atoms with E-state index in [0.29, 0.717) is 15.6 Å². The van der Waals surface area contributed by atoms with Crippen LogP contribution in [0.5, 0.6) is 0 Å². The van der Waals surface area contributed by atoms with E-state index in [2.05, 4.69) is 21.2 Å². The minimum absolute atomic E-state index is 0.0236. The Bertz CT molecular complexity index is 921. The molecular formula is C18H19BrCl2N2O3S. The fourth-order valence-electron chi connectivity index (χ4n) is 2.41. The summed E-state index contributed by atoms with van der Waals surface area (Å²) in [6, 6.07) is 12.1. The molecule has 0 saturated carbocycles. The van der Waals surface area contributed by atoms with Gasteiger partial charge in [0, 0.05) is 11.0 Å². The summed E-state index contributed by atoms with van der Waals surface area (Å²) in [6.45, 7) is 1.57. The normalized spacial score (nSPS) is 12.8. The lowest BCUT2D eigenvalue weighted by atomic mass is 10.1. The van der Waals surface area contributed by atoms with Crippen molar-refractivity contribution in [2.75, 3.05) is 12.8 Å². The van der Waals surface area contributed by atoms with Crippen LogP contribution in [-0.4, -0.2) is 31.4 Å². The number of carbonyl (C=O) groups is 1. The van der Waals surface area contributed by atoms with Crippen molar-refractivity contribution in [2.24, 2.45) is 0 Å². The van der Waals surface area contributed by atoms with Gasteiger partial charge in [-0.25, -0.2) is 8.42 Å². The molecule has 0 heterocycles. The van der Waals surface area contributed by atoms with E-state index in [1.807, 2.05) is 31.2 Å². The third-order valence-electron chi connectivity index (χ3n) is 3.88. The maximum Gasteiger partial charge on any atom is 0.235 e. The van der Waals surface area contributed by atoms with Crippen LogP contribution < -0.4 is 5.32 Å². The van der Waals surface area contributed by atoms with Crippen molar-refractivity contribution in [3.05, 3.63) is 68.1 Å². The van der Waals surface area contributed by atoms with Crippen molar-refractivity contribution in [1.29, 1.82) is 0 Å². The van der Waals surface area contributed by atoms with E-state index in [1.165, 1.54) is 0 Å². The molecule has 0 aromatic heterocycles. The lowest BCUT2D eigenvalue weighted by Gasteiger charge is -2.21. The standard InChI is InChI=1S/C18H19BrCl2N2O3S/c1-12(14-4-6-15(19)7-5-14)22-18(24)11-23(27(2,25)26)10-13-3-8-16(20)17(21)9-13/h3-9,12H,10-11H2,1-2H3,(H,22,24)/t12-/m1/s1. The molecule has 0 aliphatic rings. The molecule has 0 saturated heterocycles. The summed E-state index contributed by atoms with van der Waals surface area (Å²) in [6.07, 6.45) is 1.07. The van der Waals surface area contributed by atoms with Gasteiger partial charge in [-0.2, -0.15) is 4.31 Å². The summed E-state index contributed by atoms with van der Waals surface area (Å²) >= 11 is 15.2. The zero-order chi connectivity index (χ0) is 20.2. The van der Waals surface area contributed by atoms with Gasteiger partial charge in [0.25, 0.3) is 0 Å². The minimum atomic E-state index is -3.60. The van der Waals surface area contributed by atoms with Gasteiger partial charge in [-0.1, -0.05) is 57.3 Å². The van der Waals surface area contributed by atoms with Crippen molar-refractivity contribution in [3.8, 4) is 0 Å². The molecule has 1 amide bonds. The lowest BCUT2D eigenvalue weighted by molar-refractivity contribution is -0.122. The molecule has 1 atom stereocenters. The number of sulfonamides is 1. The Morgan fingerprint density at radius 1 is 1.15 bits per heavy atom. The van der Waals surface area contributed by atoms with Gasteiger partial charge < -0.3 is 5.32 Å². The monoisotopic (exact) mass is 492 g/mol. The first-order valence-electron chi connectivity index (χ1n) is 8.00. The molecule has 27 heavy (non-hydrogen) atoms. The van der Waals surface area contributed by atoms with E-state index in [1.54, 1.807) is 18.2 Å². The number of halogens is 3. The van der Waals surface area contributed by atoms with Crippen LogP contribution in [0.15, 0.2) is 46.9 Å². The fourth-order valence-corrected chi connectivity index (χ4v) is 3.73. The van der Waals surface area contributed by atoms with Gasteiger partial charge in [-0.3, -0.25) is 4.79 Å². The smallest absolute Gasteiger partial charge is 0.235 e. The average molecular weight is 494 g/mol. The maximum absolute atomic E-state index is 12.4. The largest absolute Gasteiger partial charge is 0.348 e. The number of hydrogen-bond acceptors (Lipinski definition) is 3. The molecular weight excluding hydrogens is 475 g/mol. The van der Waals surface area contributed by atoms with E-state index < -0.39 is 15.9 Å². The van der Waals surface area contributed by atoms with Crippen LogP contribution >= 0.6 is 39.1 Å². The van der Waals surface area contributed by atoms with Crippen LogP contribution in [0.25, 0.3) is 0 Å². The summed E-state index contributed by atoms with van der Waals surface area (Å²) in [5, 5.41) is 3.53. The molecule has 2 aromatic rings. The number of amides is 1. The van der Waals surface area contributed by atoms with Crippen molar-refractivity contribution in [2.45, 2.75) is 19.5 Å². The van der Waals surface area contributed by atoms with Crippen molar-refractivity contribution in [3.63, 3.8) is 0 Å². The van der Waals surface area contributed by atoms with Gasteiger partial charge in [0.1, 0.15) is 0 Å². The van der Waals surface area contributed by atoms with E-state index in [0.717, 1.165) is 20.6 Å². The van der Waals surface area contributed by atoms with Gasteiger partial charge in [-0.15, -0.1) is 0 Å². The van der Waals surface area contributed by atoms with E-state index in [-0.39, 0.29) is 19.1 Å². The summed E-state index contributed by atoms with van der Waals surface area (Å²) in [4.78, 5) is 12.4. The van der Waals surface area contributed by atoms with Crippen LogP contribution in [0.4, 0.5) is 0 Å². The van der Waals surface area contributed by atoms with Gasteiger partial charge in [0.15, 0.2) is 0 Å². The topological polar surface area (TPSA) is 66.5 Å². The quantitative estimate of drug-likeness (QED) is 0.621. The zero-order valence-corrected chi connectivity index (χ0v) is 18.7. The fraction of sp³-hybridized carbons (Fsp3) is 0.278. The Labute approximate surface area is 177 Å².